The molecule has 0 radical (unpaired) electrons. The fourth-order valence-electron chi connectivity index (χ4n) is 2.98. The maximum absolute atomic E-state index is 11.5. The molecule has 112 valence electrons. The van der Waals surface area contributed by atoms with Crippen LogP contribution in [0.5, 0.6) is 0 Å². The molecule has 21 heavy (non-hydrogen) atoms. The molecule has 0 aromatic carbocycles. The summed E-state index contributed by atoms with van der Waals surface area (Å²) in [5, 5.41) is 0. The zero-order valence-corrected chi connectivity index (χ0v) is 12.4. The van der Waals surface area contributed by atoms with Crippen LogP contribution in [0.3, 0.4) is 0 Å². The van der Waals surface area contributed by atoms with Crippen LogP contribution in [0, 0.1) is 13.8 Å². The fraction of sp³-hybridized carbons (Fsp3) is 0.467. The lowest BCUT2D eigenvalue weighted by Crippen LogP contribution is -2.29. The molecule has 0 atom stereocenters. The van der Waals surface area contributed by atoms with Gasteiger partial charge in [0.2, 0.25) is 0 Å². The van der Waals surface area contributed by atoms with Gasteiger partial charge in [0.15, 0.2) is 5.76 Å². The van der Waals surface area contributed by atoms with Gasteiger partial charge in [0.25, 0.3) is 0 Å². The van der Waals surface area contributed by atoms with Crippen LogP contribution >= 0.6 is 0 Å². The summed E-state index contributed by atoms with van der Waals surface area (Å²) in [6.45, 7) is 4.57. The van der Waals surface area contributed by atoms with E-state index in [4.69, 9.17) is 10.3 Å². The highest BCUT2D eigenvalue weighted by molar-refractivity contribution is 5.91. The summed E-state index contributed by atoms with van der Waals surface area (Å²) in [6, 6.07) is 1.76. The summed E-state index contributed by atoms with van der Waals surface area (Å²) >= 11 is 0. The zero-order valence-electron chi connectivity index (χ0n) is 12.4. The van der Waals surface area contributed by atoms with E-state index >= 15 is 0 Å². The molecule has 2 aromatic rings. The minimum Gasteiger partial charge on any atom is -0.456 e. The number of imidazole rings is 1. The average Bonchev–Trinajstić information content (AvgIpc) is 3.00. The molecule has 3 rings (SSSR count). The topological polar surface area (TPSA) is 86.1 Å². The number of aromatic nitrogens is 2. The number of hydrogen-bond donors (Lipinski definition) is 2. The van der Waals surface area contributed by atoms with Gasteiger partial charge in [-0.15, -0.1) is 0 Å². The Balaban J connectivity index is 1.92. The molecule has 0 spiro atoms. The minimum atomic E-state index is -0.409. The molecule has 6 heteroatoms. The number of rotatable bonds is 3. The molecule has 2 heterocycles. The Labute approximate surface area is 123 Å². The van der Waals surface area contributed by atoms with E-state index in [2.05, 4.69) is 15.0 Å². The standard InChI is InChI=1S/C15H20N4O2/c1-9-11(7-14(21-9)15(20)18-16)8-19-10(2)17-12-5-3-4-6-13(12)19/h7H,3-6,8,16H2,1-2H3,(H,18,20). The number of nitrogens with two attached hydrogens (primary N) is 1. The number of carbonyl (C=O) groups is 1. The van der Waals surface area contributed by atoms with E-state index in [1.54, 1.807) is 6.07 Å². The number of nitrogen functional groups attached to an aromatic ring is 1. The van der Waals surface area contributed by atoms with E-state index in [0.29, 0.717) is 6.54 Å². The molecule has 0 aliphatic heterocycles. The van der Waals surface area contributed by atoms with Crippen LogP contribution in [0.25, 0.3) is 0 Å². The Morgan fingerprint density at radius 2 is 2.19 bits per heavy atom. The maximum Gasteiger partial charge on any atom is 0.300 e. The van der Waals surface area contributed by atoms with Gasteiger partial charge < -0.3 is 8.98 Å². The molecule has 6 nitrogen and oxygen atoms in total. The normalized spacial score (nSPS) is 14.0. The van der Waals surface area contributed by atoms with Gasteiger partial charge in [-0.3, -0.25) is 10.2 Å². The number of aryl methyl sites for hydroxylation is 3. The number of fused-ring (bicyclic) bond motifs is 1. The van der Waals surface area contributed by atoms with Crippen molar-refractivity contribution in [2.75, 3.05) is 0 Å². The maximum atomic E-state index is 11.5. The number of hydrazine groups is 1. The van der Waals surface area contributed by atoms with Crippen molar-refractivity contribution in [3.8, 4) is 0 Å². The molecule has 1 aliphatic rings. The van der Waals surface area contributed by atoms with Gasteiger partial charge in [-0.1, -0.05) is 0 Å². The molecule has 1 amide bonds. The van der Waals surface area contributed by atoms with Gasteiger partial charge in [-0.05, 0) is 45.6 Å². The van der Waals surface area contributed by atoms with E-state index < -0.39 is 5.91 Å². The lowest BCUT2D eigenvalue weighted by Gasteiger charge is -2.14. The number of furan rings is 1. The van der Waals surface area contributed by atoms with Crippen LogP contribution in [0.2, 0.25) is 0 Å². The molecular formula is C15H20N4O2. The van der Waals surface area contributed by atoms with Crippen molar-refractivity contribution >= 4 is 5.91 Å². The number of amides is 1. The summed E-state index contributed by atoms with van der Waals surface area (Å²) in [4.78, 5) is 16.2. The first-order valence-electron chi connectivity index (χ1n) is 7.25. The number of nitrogens with one attached hydrogen (secondary N) is 1. The lowest BCUT2D eigenvalue weighted by molar-refractivity contribution is 0.0924. The molecule has 2 aromatic heterocycles. The third-order valence-electron chi connectivity index (χ3n) is 4.13. The van der Waals surface area contributed by atoms with Crippen molar-refractivity contribution in [1.29, 1.82) is 0 Å². The number of hydrogen-bond acceptors (Lipinski definition) is 4. The molecule has 0 saturated carbocycles. The quantitative estimate of drug-likeness (QED) is 0.510. The SMILES string of the molecule is Cc1oc(C(=O)NN)cc1Cn1c(C)nc2c1CCCC2. The fourth-order valence-corrected chi connectivity index (χ4v) is 2.98. The first kappa shape index (κ1) is 13.9. The average molecular weight is 288 g/mol. The Bertz CT molecular complexity index is 684. The highest BCUT2D eigenvalue weighted by Crippen LogP contribution is 2.24. The van der Waals surface area contributed by atoms with Crippen molar-refractivity contribution in [3.63, 3.8) is 0 Å². The first-order chi connectivity index (χ1) is 10.1. The molecule has 3 N–H and O–H groups in total. The number of nitrogens with zero attached hydrogens (tertiary/aromatic N) is 2. The van der Waals surface area contributed by atoms with Crippen molar-refractivity contribution in [3.05, 3.63) is 40.4 Å². The zero-order chi connectivity index (χ0) is 15.0. The Kier molecular flexibility index (Phi) is 3.55. The van der Waals surface area contributed by atoms with E-state index in [-0.39, 0.29) is 5.76 Å². The highest BCUT2D eigenvalue weighted by Gasteiger charge is 2.20. The molecule has 1 aliphatic carbocycles. The van der Waals surface area contributed by atoms with Gasteiger partial charge >= 0.3 is 5.91 Å². The predicted molar refractivity (Wildman–Crippen MR) is 77.8 cm³/mol. The van der Waals surface area contributed by atoms with Gasteiger partial charge in [0.05, 0.1) is 12.2 Å². The van der Waals surface area contributed by atoms with Gasteiger partial charge in [0, 0.05) is 11.3 Å². The first-order valence-corrected chi connectivity index (χ1v) is 7.25. The number of carbonyl (C=O) groups excluding carboxylic acids is 1. The van der Waals surface area contributed by atoms with Crippen LogP contribution in [0.4, 0.5) is 0 Å². The third kappa shape index (κ3) is 2.47. The second-order valence-corrected chi connectivity index (χ2v) is 5.51. The van der Waals surface area contributed by atoms with Gasteiger partial charge in [-0.25, -0.2) is 10.8 Å². The molecule has 0 bridgehead atoms. The molecule has 0 saturated heterocycles. The molecule has 0 fully saturated rings. The smallest absolute Gasteiger partial charge is 0.300 e. The van der Waals surface area contributed by atoms with Crippen LogP contribution < -0.4 is 11.3 Å². The molecule has 0 unspecified atom stereocenters. The largest absolute Gasteiger partial charge is 0.456 e. The lowest BCUT2D eigenvalue weighted by atomic mass is 10.0. The van der Waals surface area contributed by atoms with Crippen LogP contribution in [-0.4, -0.2) is 15.5 Å². The van der Waals surface area contributed by atoms with Gasteiger partial charge in [0.1, 0.15) is 11.6 Å². The summed E-state index contributed by atoms with van der Waals surface area (Å²) in [7, 11) is 0. The van der Waals surface area contributed by atoms with E-state index in [0.717, 1.165) is 30.0 Å². The van der Waals surface area contributed by atoms with Gasteiger partial charge in [-0.2, -0.15) is 0 Å². The van der Waals surface area contributed by atoms with Crippen LogP contribution in [-0.2, 0) is 19.4 Å². The summed E-state index contributed by atoms with van der Waals surface area (Å²) in [5.41, 5.74) is 5.62. The summed E-state index contributed by atoms with van der Waals surface area (Å²) in [6.07, 6.45) is 4.57. The summed E-state index contributed by atoms with van der Waals surface area (Å²) in [5.74, 6) is 6.74. The van der Waals surface area contributed by atoms with Crippen LogP contribution in [0.15, 0.2) is 10.5 Å². The highest BCUT2D eigenvalue weighted by atomic mass is 16.4. The van der Waals surface area contributed by atoms with Crippen molar-refractivity contribution in [1.82, 2.24) is 15.0 Å². The van der Waals surface area contributed by atoms with Crippen molar-refractivity contribution in [2.45, 2.75) is 46.1 Å². The van der Waals surface area contributed by atoms with E-state index in [1.165, 1.54) is 24.2 Å². The summed E-state index contributed by atoms with van der Waals surface area (Å²) < 4.78 is 7.71. The van der Waals surface area contributed by atoms with E-state index in [9.17, 15) is 4.79 Å². The van der Waals surface area contributed by atoms with E-state index in [1.807, 2.05) is 13.8 Å². The van der Waals surface area contributed by atoms with Crippen molar-refractivity contribution < 1.29 is 9.21 Å². The second kappa shape index (κ2) is 5.37. The Hall–Kier alpha value is -2.08. The minimum absolute atomic E-state index is 0.247. The second-order valence-electron chi connectivity index (χ2n) is 5.51. The van der Waals surface area contributed by atoms with Crippen molar-refractivity contribution in [2.24, 2.45) is 5.84 Å². The third-order valence-corrected chi connectivity index (χ3v) is 4.13. The predicted octanol–water partition coefficient (Wildman–Crippen LogP) is 1.62. The Morgan fingerprint density at radius 3 is 2.95 bits per heavy atom. The monoisotopic (exact) mass is 288 g/mol. The molecular weight excluding hydrogens is 268 g/mol. The Morgan fingerprint density at radius 1 is 1.43 bits per heavy atom. The van der Waals surface area contributed by atoms with Crippen LogP contribution in [0.1, 0.15) is 51.9 Å².